The summed E-state index contributed by atoms with van der Waals surface area (Å²) in [5.41, 5.74) is 2.34. The fraction of sp³-hybridized carbons (Fsp3) is 0.357. The second kappa shape index (κ2) is 5.69. The van der Waals surface area contributed by atoms with E-state index in [2.05, 4.69) is 40.1 Å². The first kappa shape index (κ1) is 12.6. The van der Waals surface area contributed by atoms with Gasteiger partial charge in [-0.15, -0.1) is 0 Å². The molecule has 0 saturated carbocycles. The summed E-state index contributed by atoms with van der Waals surface area (Å²) in [5, 5.41) is 3.25. The molecular formula is C14H19N3O. The van der Waals surface area contributed by atoms with Crippen molar-refractivity contribution in [1.29, 1.82) is 0 Å². The Morgan fingerprint density at radius 3 is 2.94 bits per heavy atom. The smallest absolute Gasteiger partial charge is 0.218 e. The van der Waals surface area contributed by atoms with Gasteiger partial charge in [-0.05, 0) is 32.2 Å². The quantitative estimate of drug-likeness (QED) is 0.878. The van der Waals surface area contributed by atoms with Gasteiger partial charge in [-0.3, -0.25) is 0 Å². The van der Waals surface area contributed by atoms with Crippen LogP contribution in [0.15, 0.2) is 36.7 Å². The topological polar surface area (TPSA) is 39.1 Å². The summed E-state index contributed by atoms with van der Waals surface area (Å²) in [6.45, 7) is 2.91. The van der Waals surface area contributed by atoms with Crippen molar-refractivity contribution in [2.75, 3.05) is 14.2 Å². The Morgan fingerprint density at radius 2 is 2.22 bits per heavy atom. The van der Waals surface area contributed by atoms with Crippen molar-refractivity contribution in [3.63, 3.8) is 0 Å². The lowest BCUT2D eigenvalue weighted by atomic mass is 10.2. The molecule has 1 unspecified atom stereocenters. The maximum atomic E-state index is 5.28. The Kier molecular flexibility index (Phi) is 3.99. The van der Waals surface area contributed by atoms with E-state index in [4.69, 9.17) is 4.74 Å². The van der Waals surface area contributed by atoms with Gasteiger partial charge in [-0.25, -0.2) is 4.98 Å². The Balaban J connectivity index is 2.26. The molecule has 1 N–H and O–H groups in total. The zero-order chi connectivity index (χ0) is 13.0. The number of nitrogens with zero attached hydrogens (tertiary/aromatic N) is 2. The Bertz CT molecular complexity index is 507. The summed E-state index contributed by atoms with van der Waals surface area (Å²) in [6.07, 6.45) is 3.82. The predicted molar refractivity (Wildman–Crippen MR) is 71.8 cm³/mol. The SMILES string of the molecule is CNC(C)c1cccn1Cc1cccnc1OC. The van der Waals surface area contributed by atoms with E-state index in [1.54, 1.807) is 13.3 Å². The molecule has 0 saturated heterocycles. The number of methoxy groups -OCH3 is 1. The van der Waals surface area contributed by atoms with Crippen molar-refractivity contribution in [1.82, 2.24) is 14.9 Å². The van der Waals surface area contributed by atoms with E-state index in [9.17, 15) is 0 Å². The molecule has 2 aromatic heterocycles. The van der Waals surface area contributed by atoms with Crippen LogP contribution in [0.4, 0.5) is 0 Å². The molecule has 0 bridgehead atoms. The minimum atomic E-state index is 0.322. The monoisotopic (exact) mass is 245 g/mol. The van der Waals surface area contributed by atoms with Gasteiger partial charge in [0, 0.05) is 29.7 Å². The third-order valence-corrected chi connectivity index (χ3v) is 3.13. The van der Waals surface area contributed by atoms with Crippen LogP contribution in [0.3, 0.4) is 0 Å². The largest absolute Gasteiger partial charge is 0.481 e. The molecular weight excluding hydrogens is 226 g/mol. The van der Waals surface area contributed by atoms with E-state index >= 15 is 0 Å². The molecule has 0 fully saturated rings. The summed E-state index contributed by atoms with van der Waals surface area (Å²) in [5.74, 6) is 0.689. The maximum absolute atomic E-state index is 5.28. The number of aromatic nitrogens is 2. The number of pyridine rings is 1. The predicted octanol–water partition coefficient (Wildman–Crippen LogP) is 2.22. The van der Waals surface area contributed by atoms with Gasteiger partial charge in [-0.2, -0.15) is 0 Å². The van der Waals surface area contributed by atoms with Gasteiger partial charge >= 0.3 is 0 Å². The van der Waals surface area contributed by atoms with Crippen molar-refractivity contribution >= 4 is 0 Å². The minimum Gasteiger partial charge on any atom is -0.481 e. The maximum Gasteiger partial charge on any atom is 0.218 e. The normalized spacial score (nSPS) is 12.4. The van der Waals surface area contributed by atoms with Crippen LogP contribution in [0, 0.1) is 0 Å². The molecule has 2 rings (SSSR count). The summed E-state index contributed by atoms with van der Waals surface area (Å²) >= 11 is 0. The van der Waals surface area contributed by atoms with Gasteiger partial charge in [0.1, 0.15) is 0 Å². The van der Waals surface area contributed by atoms with E-state index < -0.39 is 0 Å². The Hall–Kier alpha value is -1.81. The van der Waals surface area contributed by atoms with Crippen molar-refractivity contribution in [2.45, 2.75) is 19.5 Å². The van der Waals surface area contributed by atoms with Gasteiger partial charge in [-0.1, -0.05) is 6.07 Å². The first-order chi connectivity index (χ1) is 8.76. The molecule has 2 heterocycles. The zero-order valence-corrected chi connectivity index (χ0v) is 11.1. The minimum absolute atomic E-state index is 0.322. The molecule has 2 aromatic rings. The molecule has 96 valence electrons. The summed E-state index contributed by atoms with van der Waals surface area (Å²) in [6, 6.07) is 8.49. The molecule has 1 atom stereocenters. The zero-order valence-electron chi connectivity index (χ0n) is 11.1. The number of nitrogens with one attached hydrogen (secondary N) is 1. The van der Waals surface area contributed by atoms with E-state index in [0.29, 0.717) is 11.9 Å². The lowest BCUT2D eigenvalue weighted by Gasteiger charge is -2.15. The van der Waals surface area contributed by atoms with Gasteiger partial charge in [0.25, 0.3) is 0 Å². The van der Waals surface area contributed by atoms with Gasteiger partial charge < -0.3 is 14.6 Å². The fourth-order valence-corrected chi connectivity index (χ4v) is 2.02. The molecule has 4 heteroatoms. The Morgan fingerprint density at radius 1 is 1.39 bits per heavy atom. The highest BCUT2D eigenvalue weighted by Gasteiger charge is 2.10. The number of ether oxygens (including phenoxy) is 1. The van der Waals surface area contributed by atoms with Crippen LogP contribution in [0.25, 0.3) is 0 Å². The summed E-state index contributed by atoms with van der Waals surface area (Å²) in [7, 11) is 3.62. The van der Waals surface area contributed by atoms with Crippen LogP contribution < -0.4 is 10.1 Å². The van der Waals surface area contributed by atoms with Crippen molar-refractivity contribution in [2.24, 2.45) is 0 Å². The molecule has 0 aliphatic heterocycles. The van der Waals surface area contributed by atoms with Gasteiger partial charge in [0.2, 0.25) is 5.88 Å². The third kappa shape index (κ3) is 2.54. The van der Waals surface area contributed by atoms with Crippen molar-refractivity contribution < 1.29 is 4.74 Å². The van der Waals surface area contributed by atoms with E-state index in [0.717, 1.165) is 12.1 Å². The fourth-order valence-electron chi connectivity index (χ4n) is 2.02. The standard InChI is InChI=1S/C14H19N3O/c1-11(15-2)13-7-5-9-17(13)10-12-6-4-8-16-14(12)18-3/h4-9,11,15H,10H2,1-3H3. The van der Waals surface area contributed by atoms with Gasteiger partial charge in [0.05, 0.1) is 13.7 Å². The second-order valence-corrected chi connectivity index (χ2v) is 4.24. The number of hydrogen-bond acceptors (Lipinski definition) is 3. The van der Waals surface area contributed by atoms with Crippen LogP contribution in [-0.2, 0) is 6.54 Å². The number of rotatable bonds is 5. The molecule has 0 amide bonds. The van der Waals surface area contributed by atoms with Crippen LogP contribution in [0.5, 0.6) is 5.88 Å². The highest BCUT2D eigenvalue weighted by Crippen LogP contribution is 2.19. The highest BCUT2D eigenvalue weighted by molar-refractivity contribution is 5.27. The van der Waals surface area contributed by atoms with Crippen LogP contribution in [0.1, 0.15) is 24.2 Å². The van der Waals surface area contributed by atoms with Crippen molar-refractivity contribution in [3.8, 4) is 5.88 Å². The third-order valence-electron chi connectivity index (χ3n) is 3.13. The number of hydrogen-bond donors (Lipinski definition) is 1. The second-order valence-electron chi connectivity index (χ2n) is 4.24. The highest BCUT2D eigenvalue weighted by atomic mass is 16.5. The summed E-state index contributed by atoms with van der Waals surface area (Å²) < 4.78 is 7.49. The average Bonchev–Trinajstić information content (AvgIpc) is 2.86. The van der Waals surface area contributed by atoms with Crippen LogP contribution >= 0.6 is 0 Å². The summed E-state index contributed by atoms with van der Waals surface area (Å²) in [4.78, 5) is 4.22. The first-order valence-corrected chi connectivity index (χ1v) is 6.06. The molecule has 0 radical (unpaired) electrons. The van der Waals surface area contributed by atoms with Crippen LogP contribution in [-0.4, -0.2) is 23.7 Å². The molecule has 4 nitrogen and oxygen atoms in total. The average molecular weight is 245 g/mol. The van der Waals surface area contributed by atoms with Gasteiger partial charge in [0.15, 0.2) is 0 Å². The van der Waals surface area contributed by atoms with Crippen molar-refractivity contribution in [3.05, 3.63) is 47.9 Å². The Labute approximate surface area is 108 Å². The van der Waals surface area contributed by atoms with E-state index in [1.165, 1.54) is 5.69 Å². The molecule has 18 heavy (non-hydrogen) atoms. The first-order valence-electron chi connectivity index (χ1n) is 6.06. The molecule has 0 aliphatic carbocycles. The van der Waals surface area contributed by atoms with E-state index in [-0.39, 0.29) is 0 Å². The van der Waals surface area contributed by atoms with Crippen LogP contribution in [0.2, 0.25) is 0 Å². The van der Waals surface area contributed by atoms with E-state index in [1.807, 2.05) is 19.2 Å². The lowest BCUT2D eigenvalue weighted by Crippen LogP contribution is -2.17. The molecule has 0 aromatic carbocycles. The molecule has 0 aliphatic rings. The molecule has 0 spiro atoms. The lowest BCUT2D eigenvalue weighted by molar-refractivity contribution is 0.390.